The highest BCUT2D eigenvalue weighted by Crippen LogP contribution is 2.43. The Hall–Kier alpha value is -8.09. The molecule has 0 saturated carbocycles. The standard InChI is InChI=1S/C28H31N5O4.C25H29N5O3.C3H3ClO/c1-3-24(34)32-15-12-18(13-16-32)21-11-14-30-33-26(27(29)35)25(31-28(21)33)19-9-10-22(23(17-19)36-2)37-20-7-5-4-6-8-20;1-32-21-15-17(7-8-20(21)33-18-5-3-2-4-6-18)22-23(24(26)31)30-25(29-22)19(11-14-28-30)16-9-12-27-13-10-16;1-2-3(4)5/h3-10,17-18,21,30H,1,11-16H2,2H3,(H2,29,35);2-8,15-16,19,27-28H,9-14H2,1H3,(H2,26,31);2H,1H2. The Balaban J connectivity index is 0.000000184. The van der Waals surface area contributed by atoms with Crippen molar-refractivity contribution in [3.63, 3.8) is 0 Å². The molecular weight excluding hydrogens is 976 g/mol. The van der Waals surface area contributed by atoms with Crippen molar-refractivity contribution in [1.82, 2.24) is 29.5 Å². The number of nitrogens with zero attached hydrogens (tertiary/aromatic N) is 5. The van der Waals surface area contributed by atoms with Gasteiger partial charge in [0.1, 0.15) is 34.5 Å². The predicted molar refractivity (Wildman–Crippen MR) is 288 cm³/mol. The fourth-order valence-corrected chi connectivity index (χ4v) is 10.3. The van der Waals surface area contributed by atoms with Crippen LogP contribution in [0, 0.1) is 11.8 Å². The average Bonchev–Trinajstić information content (AvgIpc) is 4.06. The van der Waals surface area contributed by atoms with Crippen molar-refractivity contribution >= 4 is 34.6 Å². The van der Waals surface area contributed by atoms with E-state index in [0.717, 1.165) is 81.4 Å². The molecule has 7 N–H and O–H groups in total. The highest BCUT2D eigenvalue weighted by molar-refractivity contribution is 6.66. The number of carbonyl (C=O) groups is 4. The largest absolute Gasteiger partial charge is 0.493 e. The van der Waals surface area contributed by atoms with Gasteiger partial charge in [-0.1, -0.05) is 49.6 Å². The molecule has 0 bridgehead atoms. The van der Waals surface area contributed by atoms with E-state index < -0.39 is 17.1 Å². The zero-order valence-electron chi connectivity index (χ0n) is 42.1. The maximum Gasteiger partial charge on any atom is 0.269 e. The van der Waals surface area contributed by atoms with Crippen LogP contribution in [0.25, 0.3) is 22.5 Å². The topological polar surface area (TPSA) is 232 Å². The van der Waals surface area contributed by atoms with Gasteiger partial charge in [0.25, 0.3) is 11.8 Å². The molecule has 2 saturated heterocycles. The molecule has 0 spiro atoms. The Morgan fingerprint density at radius 1 is 0.600 bits per heavy atom. The molecule has 4 aromatic carbocycles. The third-order valence-electron chi connectivity index (χ3n) is 13.9. The number of hydrogen-bond acceptors (Lipinski definition) is 13. The number of carbonyl (C=O) groups excluding carboxylic acids is 4. The van der Waals surface area contributed by atoms with Crippen molar-refractivity contribution in [1.29, 1.82) is 0 Å². The van der Waals surface area contributed by atoms with Crippen LogP contribution in [0.2, 0.25) is 0 Å². The average molecular weight is 1040 g/mol. The molecule has 0 radical (unpaired) electrons. The van der Waals surface area contributed by atoms with E-state index in [4.69, 9.17) is 52.0 Å². The minimum Gasteiger partial charge on any atom is -0.493 e. The summed E-state index contributed by atoms with van der Waals surface area (Å²) in [7, 11) is 3.17. The number of allylic oxidation sites excluding steroid dienone is 1. The van der Waals surface area contributed by atoms with Crippen LogP contribution in [0.15, 0.2) is 122 Å². The number of aromatic nitrogens is 4. The van der Waals surface area contributed by atoms with Gasteiger partial charge in [-0.25, -0.2) is 19.3 Å². The number of methoxy groups -OCH3 is 2. The van der Waals surface area contributed by atoms with Crippen LogP contribution in [0.3, 0.4) is 0 Å². The van der Waals surface area contributed by atoms with Gasteiger partial charge in [0.2, 0.25) is 11.1 Å². The van der Waals surface area contributed by atoms with Crippen molar-refractivity contribution in [2.24, 2.45) is 23.3 Å². The minimum atomic E-state index is -0.558. The molecule has 6 heterocycles. The van der Waals surface area contributed by atoms with Gasteiger partial charge in [-0.15, -0.1) is 0 Å². The monoisotopic (exact) mass is 1040 g/mol. The highest BCUT2D eigenvalue weighted by atomic mass is 35.5. The molecule has 75 heavy (non-hydrogen) atoms. The lowest BCUT2D eigenvalue weighted by Crippen LogP contribution is -2.41. The van der Waals surface area contributed by atoms with Crippen molar-refractivity contribution in [3.8, 4) is 57.0 Å². The number of benzene rings is 4. The number of ether oxygens (including phenoxy) is 4. The first-order valence-corrected chi connectivity index (χ1v) is 25.4. The summed E-state index contributed by atoms with van der Waals surface area (Å²) >= 11 is 4.71. The first-order chi connectivity index (χ1) is 36.4. The van der Waals surface area contributed by atoms with Crippen LogP contribution in [0.4, 0.5) is 0 Å². The molecule has 2 fully saturated rings. The number of fused-ring (bicyclic) bond motifs is 2. The summed E-state index contributed by atoms with van der Waals surface area (Å²) in [6.45, 7) is 11.6. The molecule has 10 rings (SSSR count). The van der Waals surface area contributed by atoms with Crippen molar-refractivity contribution in [2.75, 3.05) is 64.3 Å². The maximum absolute atomic E-state index is 12.6. The molecular formula is C56H63ClN10O8. The molecule has 18 nitrogen and oxygen atoms in total. The number of nitrogens with one attached hydrogen (secondary N) is 3. The number of imidazole rings is 2. The SMILES string of the molecule is C=CC(=O)Cl.C=CC(=O)N1CCC(C2CCNn3c2nc(-c2ccc(Oc4ccccc4)c(OC)c2)c3C(N)=O)CC1.COc1cc(-c2nc3n(c2C(N)=O)NCCC3C2CCNCC2)ccc1Oc1ccccc1. The molecule has 6 aromatic rings. The Labute approximate surface area is 441 Å². The number of amides is 3. The first-order valence-electron chi connectivity index (χ1n) is 25.0. The fourth-order valence-electron chi connectivity index (χ4n) is 10.3. The van der Waals surface area contributed by atoms with Crippen LogP contribution in [0.1, 0.15) is 83.0 Å². The molecule has 2 unspecified atom stereocenters. The second kappa shape index (κ2) is 24.8. The fraction of sp³-hybridized carbons (Fsp3) is 0.321. The number of hydrogen-bond donors (Lipinski definition) is 5. The number of primary amides is 2. The first kappa shape index (κ1) is 53.2. The third kappa shape index (κ3) is 12.3. The molecule has 392 valence electrons. The van der Waals surface area contributed by atoms with E-state index in [1.165, 1.54) is 6.08 Å². The maximum atomic E-state index is 12.6. The zero-order valence-corrected chi connectivity index (χ0v) is 42.9. The lowest BCUT2D eigenvalue weighted by Gasteiger charge is -2.37. The van der Waals surface area contributed by atoms with Gasteiger partial charge in [-0.05, 0) is 148 Å². The second-order valence-corrected chi connectivity index (χ2v) is 18.7. The molecule has 19 heteroatoms. The van der Waals surface area contributed by atoms with Gasteiger partial charge in [0, 0.05) is 49.1 Å². The lowest BCUT2D eigenvalue weighted by atomic mass is 9.81. The molecule has 3 amide bonds. The highest BCUT2D eigenvalue weighted by Gasteiger charge is 2.38. The van der Waals surface area contributed by atoms with Gasteiger partial charge in [-0.2, -0.15) is 0 Å². The summed E-state index contributed by atoms with van der Waals surface area (Å²) in [6.07, 6.45) is 8.26. The van der Waals surface area contributed by atoms with E-state index in [2.05, 4.69) is 29.3 Å². The smallest absolute Gasteiger partial charge is 0.269 e. The van der Waals surface area contributed by atoms with E-state index >= 15 is 0 Å². The number of para-hydroxylation sites is 2. The van der Waals surface area contributed by atoms with Crippen LogP contribution < -0.4 is 46.6 Å². The molecule has 0 aliphatic carbocycles. The van der Waals surface area contributed by atoms with Crippen LogP contribution in [-0.4, -0.2) is 101 Å². The number of nitrogens with two attached hydrogens (primary N) is 2. The zero-order chi connectivity index (χ0) is 53.0. The Morgan fingerprint density at radius 2 is 1.03 bits per heavy atom. The van der Waals surface area contributed by atoms with Crippen LogP contribution in [-0.2, 0) is 9.59 Å². The van der Waals surface area contributed by atoms with Crippen molar-refractivity contribution in [3.05, 3.63) is 145 Å². The van der Waals surface area contributed by atoms with Gasteiger partial charge in [0.15, 0.2) is 34.4 Å². The van der Waals surface area contributed by atoms with Gasteiger partial charge >= 0.3 is 0 Å². The predicted octanol–water partition coefficient (Wildman–Crippen LogP) is 8.32. The normalized spacial score (nSPS) is 17.1. The number of rotatable bonds is 14. The van der Waals surface area contributed by atoms with E-state index in [9.17, 15) is 19.2 Å². The van der Waals surface area contributed by atoms with E-state index in [-0.39, 0.29) is 11.8 Å². The number of likely N-dealkylation sites (tertiary alicyclic amines) is 1. The minimum absolute atomic E-state index is 0.0304. The summed E-state index contributed by atoms with van der Waals surface area (Å²) in [6, 6.07) is 30.0. The van der Waals surface area contributed by atoms with E-state index in [1.807, 2.05) is 107 Å². The molecule has 4 aliphatic rings. The summed E-state index contributed by atoms with van der Waals surface area (Å²) < 4.78 is 26.8. The third-order valence-corrected chi connectivity index (χ3v) is 14.1. The summed E-state index contributed by atoms with van der Waals surface area (Å²) in [5.74, 6) is 5.55. The number of halogens is 1. The molecule has 2 aromatic heterocycles. The summed E-state index contributed by atoms with van der Waals surface area (Å²) in [5.41, 5.74) is 21.6. The van der Waals surface area contributed by atoms with Gasteiger partial charge < -0.3 is 51.5 Å². The summed E-state index contributed by atoms with van der Waals surface area (Å²) in [4.78, 5) is 58.4. The second-order valence-electron chi connectivity index (χ2n) is 18.4. The quantitative estimate of drug-likeness (QED) is 0.0511. The van der Waals surface area contributed by atoms with Crippen LogP contribution in [0.5, 0.6) is 34.5 Å². The Kier molecular flexibility index (Phi) is 17.6. The van der Waals surface area contributed by atoms with Crippen molar-refractivity contribution < 1.29 is 38.1 Å². The lowest BCUT2D eigenvalue weighted by molar-refractivity contribution is -0.127. The summed E-state index contributed by atoms with van der Waals surface area (Å²) in [5, 5.41) is 2.92. The van der Waals surface area contributed by atoms with Gasteiger partial charge in [0.05, 0.1) is 14.2 Å². The number of piperidine rings is 2. The van der Waals surface area contributed by atoms with Crippen molar-refractivity contribution in [2.45, 2.75) is 50.4 Å². The van der Waals surface area contributed by atoms with E-state index in [1.54, 1.807) is 18.9 Å². The Bertz CT molecular complexity index is 3000. The van der Waals surface area contributed by atoms with Gasteiger partial charge in [-0.3, -0.25) is 19.2 Å². The van der Waals surface area contributed by atoms with E-state index in [0.29, 0.717) is 100 Å². The van der Waals surface area contributed by atoms with Crippen LogP contribution >= 0.6 is 11.6 Å². The molecule has 4 aliphatic heterocycles. The Morgan fingerprint density at radius 3 is 1.41 bits per heavy atom. The molecule has 2 atom stereocenters.